The van der Waals surface area contributed by atoms with Gasteiger partial charge in [0.05, 0.1) is 18.1 Å². The molecule has 0 aliphatic heterocycles. The average Bonchev–Trinajstić information content (AvgIpc) is 2.63. The van der Waals surface area contributed by atoms with Crippen molar-refractivity contribution in [2.24, 2.45) is 17.2 Å². The zero-order chi connectivity index (χ0) is 24.6. The number of alkyl halides is 6. The molecule has 0 saturated heterocycles. The Balaban J connectivity index is 0. The highest BCUT2D eigenvalue weighted by Crippen LogP contribution is 2.20. The van der Waals surface area contributed by atoms with Crippen molar-refractivity contribution in [3.8, 4) is 0 Å². The van der Waals surface area contributed by atoms with Crippen LogP contribution in [0.2, 0.25) is 0 Å². The molecule has 0 aromatic rings. The molecule has 8 N–H and O–H groups in total. The number of nitrogens with one attached hydrogen (secondary N) is 1. The van der Waals surface area contributed by atoms with Gasteiger partial charge in [0.15, 0.2) is 0 Å². The molecule has 0 aromatic carbocycles. The number of carbonyl (C=O) groups is 4. The highest BCUT2D eigenvalue weighted by Gasteiger charge is 2.42. The number of amides is 1. The van der Waals surface area contributed by atoms with Crippen LogP contribution in [0.5, 0.6) is 0 Å². The third-order valence-electron chi connectivity index (χ3n) is 4.22. The van der Waals surface area contributed by atoms with Gasteiger partial charge < -0.3 is 27.6 Å². The highest BCUT2D eigenvalue weighted by molar-refractivity contribution is 5.89. The fourth-order valence-corrected chi connectivity index (χ4v) is 2.45. The Kier molecular flexibility index (Phi) is 13.6. The first-order chi connectivity index (χ1) is 14.0. The quantitative estimate of drug-likeness (QED) is 0.227. The van der Waals surface area contributed by atoms with E-state index in [4.69, 9.17) is 22.3 Å². The topological polar surface area (TPSA) is 179 Å². The largest absolute Gasteiger partial charge is 0.480 e. The van der Waals surface area contributed by atoms with Gasteiger partial charge in [-0.3, -0.25) is 14.4 Å². The second-order valence-corrected chi connectivity index (χ2v) is 6.80. The summed E-state index contributed by atoms with van der Waals surface area (Å²) >= 11 is 0. The summed E-state index contributed by atoms with van der Waals surface area (Å²) in [6.07, 6.45) is -12.0. The molecule has 0 spiro atoms. The van der Waals surface area contributed by atoms with E-state index in [9.17, 15) is 45.5 Å². The molecule has 0 radical (unpaired) electrons. The minimum atomic E-state index is -5.13. The van der Waals surface area contributed by atoms with Crippen molar-refractivity contribution in [3.05, 3.63) is 0 Å². The van der Waals surface area contributed by atoms with E-state index in [1.165, 1.54) is 0 Å². The Morgan fingerprint density at radius 3 is 1.41 bits per heavy atom. The van der Waals surface area contributed by atoms with Crippen molar-refractivity contribution in [3.63, 3.8) is 0 Å². The van der Waals surface area contributed by atoms with Crippen LogP contribution in [0.25, 0.3) is 0 Å². The average molecular weight is 503 g/mol. The molecular formula is C16H25ClF6N4O5. The first-order valence-corrected chi connectivity index (χ1v) is 9.00. The Morgan fingerprint density at radius 1 is 0.719 bits per heavy atom. The predicted octanol–water partition coefficient (Wildman–Crippen LogP) is 0.563. The zero-order valence-corrected chi connectivity index (χ0v) is 17.4. The molecule has 2 unspecified atom stereocenters. The van der Waals surface area contributed by atoms with Crippen LogP contribution in [-0.2, 0) is 19.2 Å². The van der Waals surface area contributed by atoms with Crippen LogP contribution in [0.3, 0.4) is 0 Å². The van der Waals surface area contributed by atoms with E-state index < -0.39 is 72.8 Å². The van der Waals surface area contributed by atoms with Gasteiger partial charge in [-0.25, -0.2) is 4.79 Å². The van der Waals surface area contributed by atoms with Gasteiger partial charge >= 0.3 is 18.3 Å². The third-order valence-corrected chi connectivity index (χ3v) is 4.22. The van der Waals surface area contributed by atoms with Crippen molar-refractivity contribution in [1.82, 2.24) is 5.32 Å². The molecule has 0 saturated carbocycles. The second kappa shape index (κ2) is 13.5. The van der Waals surface area contributed by atoms with Crippen LogP contribution in [0, 0.1) is 0 Å². The van der Waals surface area contributed by atoms with Crippen LogP contribution >= 0.6 is 12.4 Å². The second-order valence-electron chi connectivity index (χ2n) is 6.80. The number of Topliss-reactive ketones (excluding diaryl/α,β-unsaturated/α-hetero) is 2. The number of aliphatic carboxylic acids is 1. The van der Waals surface area contributed by atoms with Gasteiger partial charge in [-0.2, -0.15) is 26.3 Å². The molecular weight excluding hydrogens is 478 g/mol. The van der Waals surface area contributed by atoms with Gasteiger partial charge in [0, 0.05) is 0 Å². The Morgan fingerprint density at radius 2 is 1.06 bits per heavy atom. The maximum atomic E-state index is 12.3. The predicted molar refractivity (Wildman–Crippen MR) is 101 cm³/mol. The lowest BCUT2D eigenvalue weighted by atomic mass is 10.0. The maximum absolute atomic E-state index is 12.3. The minimum absolute atomic E-state index is 0. The normalized spacial score (nSPS) is 15.7. The monoisotopic (exact) mass is 502 g/mol. The standard InChI is InChI=1S/C16H24F6N4O5.ClH/c17-15(18,19)11(27)7(23)3-1-5-9(25)13(29)26-10(14(30)31)6-2-4-8(24)12(28)16(20,21)22;/h7-10H,1-6,23-25H2,(H,26,29)(H,30,31);1H/t7?,8?,9-,10-;/m0./s1. The molecule has 0 aliphatic carbocycles. The molecule has 0 bridgehead atoms. The lowest BCUT2D eigenvalue weighted by molar-refractivity contribution is -0.172. The molecule has 188 valence electrons. The summed E-state index contributed by atoms with van der Waals surface area (Å²) in [4.78, 5) is 45.0. The molecule has 0 heterocycles. The van der Waals surface area contributed by atoms with E-state index in [1.807, 2.05) is 5.32 Å². The molecule has 9 nitrogen and oxygen atoms in total. The van der Waals surface area contributed by atoms with E-state index in [0.29, 0.717) is 0 Å². The lowest BCUT2D eigenvalue weighted by Crippen LogP contribution is -2.48. The Hall–Kier alpha value is -1.97. The minimum Gasteiger partial charge on any atom is -0.480 e. The molecule has 0 fully saturated rings. The number of carboxylic acids is 1. The van der Waals surface area contributed by atoms with E-state index in [2.05, 4.69) is 0 Å². The summed E-state index contributed by atoms with van der Waals surface area (Å²) in [5.41, 5.74) is 15.8. The van der Waals surface area contributed by atoms with Crippen LogP contribution < -0.4 is 22.5 Å². The summed E-state index contributed by atoms with van der Waals surface area (Å²) in [6, 6.07) is -6.58. The number of hydrogen-bond donors (Lipinski definition) is 5. The van der Waals surface area contributed by atoms with Crippen LogP contribution in [0.15, 0.2) is 0 Å². The van der Waals surface area contributed by atoms with Crippen LogP contribution in [0.1, 0.15) is 38.5 Å². The Labute approximate surface area is 184 Å². The number of ketones is 2. The van der Waals surface area contributed by atoms with Gasteiger partial charge in [0.2, 0.25) is 5.91 Å². The van der Waals surface area contributed by atoms with Gasteiger partial charge in [-0.15, -0.1) is 12.4 Å². The molecule has 0 rings (SSSR count). The number of halogens is 7. The molecule has 32 heavy (non-hydrogen) atoms. The van der Waals surface area contributed by atoms with Crippen molar-refractivity contribution in [2.45, 2.75) is 75.0 Å². The lowest BCUT2D eigenvalue weighted by Gasteiger charge is -2.19. The first kappa shape index (κ1) is 32.2. The van der Waals surface area contributed by atoms with E-state index >= 15 is 0 Å². The fraction of sp³-hybridized carbons (Fsp3) is 0.750. The van der Waals surface area contributed by atoms with Crippen molar-refractivity contribution in [1.29, 1.82) is 0 Å². The third kappa shape index (κ3) is 11.6. The van der Waals surface area contributed by atoms with Crippen molar-refractivity contribution >= 4 is 35.9 Å². The summed E-state index contributed by atoms with van der Waals surface area (Å²) in [7, 11) is 0. The number of hydrogen-bond acceptors (Lipinski definition) is 7. The Bertz CT molecular complexity index is 662. The summed E-state index contributed by atoms with van der Waals surface area (Å²) in [5, 5.41) is 11.1. The fourth-order valence-electron chi connectivity index (χ4n) is 2.45. The van der Waals surface area contributed by atoms with E-state index in [1.54, 1.807) is 0 Å². The van der Waals surface area contributed by atoms with Crippen molar-refractivity contribution in [2.75, 3.05) is 0 Å². The smallest absolute Gasteiger partial charge is 0.451 e. The zero-order valence-electron chi connectivity index (χ0n) is 16.5. The van der Waals surface area contributed by atoms with E-state index in [0.717, 1.165) is 0 Å². The van der Waals surface area contributed by atoms with Gasteiger partial charge in [-0.1, -0.05) is 0 Å². The van der Waals surface area contributed by atoms with Crippen LogP contribution in [-0.4, -0.2) is 65.1 Å². The molecule has 4 atom stereocenters. The first-order valence-electron chi connectivity index (χ1n) is 9.00. The summed E-state index contributed by atoms with van der Waals surface area (Å²) < 4.78 is 73.4. The van der Waals surface area contributed by atoms with Crippen molar-refractivity contribution < 1.29 is 50.6 Å². The molecule has 16 heteroatoms. The summed E-state index contributed by atoms with van der Waals surface area (Å²) in [5.74, 6) is -6.78. The molecule has 0 aromatic heterocycles. The van der Waals surface area contributed by atoms with E-state index in [-0.39, 0.29) is 38.1 Å². The number of rotatable bonds is 13. The number of carbonyl (C=O) groups excluding carboxylic acids is 3. The molecule has 0 aliphatic rings. The number of nitrogens with two attached hydrogens (primary N) is 3. The SMILES string of the molecule is Cl.NC(CCC[C@H](NC(=O)[C@@H](N)CCCC(N)C(=O)C(F)(F)F)C(=O)O)C(=O)C(F)(F)F. The number of carboxylic acid groups (broad SMARTS) is 1. The van der Waals surface area contributed by atoms with Gasteiger partial charge in [-0.05, 0) is 38.5 Å². The van der Waals surface area contributed by atoms with Gasteiger partial charge in [0.25, 0.3) is 11.6 Å². The molecule has 1 amide bonds. The van der Waals surface area contributed by atoms with Gasteiger partial charge in [0.1, 0.15) is 6.04 Å². The highest BCUT2D eigenvalue weighted by atomic mass is 35.5. The van der Waals surface area contributed by atoms with Crippen LogP contribution in [0.4, 0.5) is 26.3 Å². The maximum Gasteiger partial charge on any atom is 0.451 e. The summed E-state index contributed by atoms with van der Waals surface area (Å²) in [6.45, 7) is 0.